The normalized spacial score (nSPS) is 12.3. The average Bonchev–Trinajstić information content (AvgIpc) is 3.21. The zero-order valence-electron chi connectivity index (χ0n) is 19.3. The molecule has 1 N–H and O–H groups in total. The molecule has 186 valence electrons. The minimum Gasteiger partial charge on any atom is -0.490 e. The second kappa shape index (κ2) is 10.0. The third kappa shape index (κ3) is 4.45. The first-order valence-electron chi connectivity index (χ1n) is 10.9. The van der Waals surface area contributed by atoms with Crippen molar-refractivity contribution in [2.24, 2.45) is 0 Å². The third-order valence-electron chi connectivity index (χ3n) is 5.43. The summed E-state index contributed by atoms with van der Waals surface area (Å²) < 4.78 is 10.6. The van der Waals surface area contributed by atoms with Gasteiger partial charge in [0.2, 0.25) is 0 Å². The van der Waals surface area contributed by atoms with Crippen LogP contribution >= 0.6 is 11.3 Å². The molecule has 2 aromatic carbocycles. The van der Waals surface area contributed by atoms with E-state index in [1.54, 1.807) is 6.07 Å². The summed E-state index contributed by atoms with van der Waals surface area (Å²) in [5.74, 6) is -3.52. The van der Waals surface area contributed by atoms with Crippen LogP contribution in [0.4, 0.5) is 27.8 Å². The van der Waals surface area contributed by atoms with Crippen LogP contribution in [0.2, 0.25) is 0 Å². The molecule has 1 amide bonds. The van der Waals surface area contributed by atoms with Crippen LogP contribution in [0.3, 0.4) is 0 Å². The first kappa shape index (κ1) is 24.7. The summed E-state index contributed by atoms with van der Waals surface area (Å²) in [6.45, 7) is 3.66. The number of amides is 1. The number of hydrogen-bond donors (Lipinski definition) is 1. The van der Waals surface area contributed by atoms with Crippen LogP contribution in [0.5, 0.6) is 5.75 Å². The largest absolute Gasteiger partial charge is 0.490 e. The van der Waals surface area contributed by atoms with Crippen molar-refractivity contribution in [1.82, 2.24) is 0 Å². The molecule has 1 aromatic heterocycles. The maximum atomic E-state index is 13.3. The molecule has 0 saturated carbocycles. The van der Waals surface area contributed by atoms with Crippen LogP contribution in [0.1, 0.15) is 22.2 Å². The predicted octanol–water partition coefficient (Wildman–Crippen LogP) is 4.42. The summed E-state index contributed by atoms with van der Waals surface area (Å²) in [5, 5.41) is 21.1. The van der Waals surface area contributed by atoms with Crippen LogP contribution in [-0.2, 0) is 14.3 Å². The van der Waals surface area contributed by atoms with Crippen molar-refractivity contribution in [3.8, 4) is 5.75 Å². The number of hydrogen-bond acceptors (Lipinski definition) is 9. The average molecular weight is 512 g/mol. The number of anilines is 4. The number of carboxylic acid groups (broad SMARTS) is 1. The number of rotatable bonds is 6. The van der Waals surface area contributed by atoms with E-state index in [0.29, 0.717) is 35.9 Å². The zero-order valence-corrected chi connectivity index (χ0v) is 20.1. The van der Waals surface area contributed by atoms with Gasteiger partial charge in [0, 0.05) is 10.6 Å². The highest BCUT2D eigenvalue weighted by molar-refractivity contribution is 7.16. The number of esters is 1. The molecule has 0 unspecified atom stereocenters. The minimum absolute atomic E-state index is 0.0432. The lowest BCUT2D eigenvalue weighted by atomic mass is 10.1. The van der Waals surface area contributed by atoms with Gasteiger partial charge < -0.3 is 19.5 Å². The van der Waals surface area contributed by atoms with Crippen molar-refractivity contribution >= 4 is 56.9 Å². The molecule has 0 radical (unpaired) electrons. The molecule has 4 rings (SSSR count). The summed E-state index contributed by atoms with van der Waals surface area (Å²) in [6.07, 6.45) is 0. The maximum Gasteiger partial charge on any atom is 0.397 e. The Morgan fingerprint density at radius 3 is 2.58 bits per heavy atom. The minimum atomic E-state index is -1.47. The predicted molar refractivity (Wildman–Crippen MR) is 132 cm³/mol. The quantitative estimate of drug-likeness (QED) is 0.220. The SMILES string of the molecule is CCOC(=O)C(=O)N(c1ccc2c(c1)N(c1ccccc1)CCO2)c1c([N+](=O)[O-])sc(C)c1C(=O)O. The summed E-state index contributed by atoms with van der Waals surface area (Å²) in [7, 11) is 0. The number of fused-ring (bicyclic) bond motifs is 1. The van der Waals surface area contributed by atoms with E-state index in [0.717, 1.165) is 10.6 Å². The fourth-order valence-corrected chi connectivity index (χ4v) is 4.90. The first-order chi connectivity index (χ1) is 17.2. The molecule has 1 aliphatic heterocycles. The van der Waals surface area contributed by atoms with Crippen LogP contribution < -0.4 is 14.5 Å². The molecule has 0 bridgehead atoms. The Morgan fingerprint density at radius 2 is 1.94 bits per heavy atom. The van der Waals surface area contributed by atoms with Gasteiger partial charge in [0.25, 0.3) is 0 Å². The van der Waals surface area contributed by atoms with Gasteiger partial charge in [-0.15, -0.1) is 0 Å². The zero-order chi connectivity index (χ0) is 26.0. The Labute approximate surface area is 209 Å². The van der Waals surface area contributed by atoms with Crippen molar-refractivity contribution < 1.29 is 33.9 Å². The first-order valence-corrected chi connectivity index (χ1v) is 11.7. The van der Waals surface area contributed by atoms with Gasteiger partial charge in [-0.05, 0) is 44.2 Å². The van der Waals surface area contributed by atoms with E-state index in [2.05, 4.69) is 0 Å². The van der Waals surface area contributed by atoms with Gasteiger partial charge >= 0.3 is 22.8 Å². The van der Waals surface area contributed by atoms with Crippen molar-refractivity contribution in [2.75, 3.05) is 29.6 Å². The Balaban J connectivity index is 1.95. The van der Waals surface area contributed by atoms with E-state index in [4.69, 9.17) is 9.47 Å². The van der Waals surface area contributed by atoms with E-state index in [1.165, 1.54) is 26.0 Å². The number of aromatic carboxylic acids is 1. The highest BCUT2D eigenvalue weighted by Gasteiger charge is 2.39. The van der Waals surface area contributed by atoms with Gasteiger partial charge in [-0.2, -0.15) is 0 Å². The Hall–Kier alpha value is -4.45. The second-order valence-electron chi connectivity index (χ2n) is 7.60. The Kier molecular flexibility index (Phi) is 6.88. The number of para-hydroxylation sites is 1. The Morgan fingerprint density at radius 1 is 1.22 bits per heavy atom. The van der Waals surface area contributed by atoms with Crippen LogP contribution in [0.15, 0.2) is 48.5 Å². The van der Waals surface area contributed by atoms with E-state index < -0.39 is 39.0 Å². The molecule has 0 fully saturated rings. The van der Waals surface area contributed by atoms with Gasteiger partial charge in [0.05, 0.1) is 29.4 Å². The number of carbonyl (C=O) groups excluding carboxylic acids is 2. The molecule has 3 aromatic rings. The number of aryl methyl sites for hydroxylation is 1. The summed E-state index contributed by atoms with van der Waals surface area (Å²) in [4.78, 5) is 51.8. The van der Waals surface area contributed by atoms with Crippen molar-refractivity contribution in [1.29, 1.82) is 0 Å². The topological polar surface area (TPSA) is 140 Å². The lowest BCUT2D eigenvalue weighted by Gasteiger charge is -2.32. The van der Waals surface area contributed by atoms with Crippen LogP contribution in [0, 0.1) is 17.0 Å². The number of carbonyl (C=O) groups is 3. The monoisotopic (exact) mass is 511 g/mol. The molecular weight excluding hydrogens is 490 g/mol. The fourth-order valence-electron chi connectivity index (χ4n) is 3.95. The summed E-state index contributed by atoms with van der Waals surface area (Å²) >= 11 is 0.608. The maximum absolute atomic E-state index is 13.3. The number of thiophene rings is 1. The van der Waals surface area contributed by atoms with Crippen molar-refractivity contribution in [3.63, 3.8) is 0 Å². The number of benzene rings is 2. The van der Waals surface area contributed by atoms with Crippen molar-refractivity contribution in [3.05, 3.63) is 69.1 Å². The second-order valence-corrected chi connectivity index (χ2v) is 8.80. The molecule has 11 nitrogen and oxygen atoms in total. The highest BCUT2D eigenvalue weighted by atomic mass is 32.1. The molecular formula is C24H21N3O8S. The molecule has 0 saturated heterocycles. The lowest BCUT2D eigenvalue weighted by Crippen LogP contribution is -2.35. The number of nitrogens with zero attached hydrogens (tertiary/aromatic N) is 3. The van der Waals surface area contributed by atoms with Gasteiger partial charge in [-0.1, -0.05) is 29.5 Å². The van der Waals surface area contributed by atoms with Gasteiger partial charge in [-0.25, -0.2) is 9.59 Å². The fraction of sp³-hybridized carbons (Fsp3) is 0.208. The third-order valence-corrected chi connectivity index (χ3v) is 6.48. The van der Waals surface area contributed by atoms with E-state index >= 15 is 0 Å². The molecule has 2 heterocycles. The molecule has 12 heteroatoms. The van der Waals surface area contributed by atoms with E-state index in [9.17, 15) is 29.6 Å². The smallest absolute Gasteiger partial charge is 0.397 e. The van der Waals surface area contributed by atoms with E-state index in [1.807, 2.05) is 35.2 Å². The van der Waals surface area contributed by atoms with Gasteiger partial charge in [0.15, 0.2) is 5.69 Å². The van der Waals surface area contributed by atoms with Crippen LogP contribution in [-0.4, -0.2) is 47.6 Å². The number of ether oxygens (including phenoxy) is 2. The van der Waals surface area contributed by atoms with E-state index in [-0.39, 0.29) is 17.2 Å². The number of nitro groups is 1. The molecule has 1 aliphatic rings. The molecule has 0 aliphatic carbocycles. The summed E-state index contributed by atoms with van der Waals surface area (Å²) in [5.41, 5.74) is 0.472. The highest BCUT2D eigenvalue weighted by Crippen LogP contribution is 2.47. The van der Waals surface area contributed by atoms with Gasteiger partial charge in [-0.3, -0.25) is 19.8 Å². The Bertz CT molecular complexity index is 1350. The molecule has 36 heavy (non-hydrogen) atoms. The van der Waals surface area contributed by atoms with Gasteiger partial charge in [0.1, 0.15) is 17.9 Å². The van der Waals surface area contributed by atoms with Crippen molar-refractivity contribution in [2.45, 2.75) is 13.8 Å². The molecule has 0 atom stereocenters. The lowest BCUT2D eigenvalue weighted by molar-refractivity contribution is -0.379. The summed E-state index contributed by atoms with van der Waals surface area (Å²) in [6, 6.07) is 13.9. The standard InChI is InChI=1S/C24H21N3O8S/c1-3-34-24(31)21(28)26(20-19(23(29)30)14(2)36-22(20)27(32)33)16-9-10-18-17(13-16)25(11-12-35-18)15-7-5-4-6-8-15/h4-10,13H,3,11-12H2,1-2H3,(H,29,30). The molecule has 0 spiro atoms. The van der Waals surface area contributed by atoms with Crippen LogP contribution in [0.25, 0.3) is 0 Å². The number of carboxylic acids is 1.